The van der Waals surface area contributed by atoms with Gasteiger partial charge in [-0.25, -0.2) is 0 Å². The summed E-state index contributed by atoms with van der Waals surface area (Å²) in [6, 6.07) is 0. The number of hydrogen-bond donors (Lipinski definition) is 1. The first-order chi connectivity index (χ1) is 21.7. The number of phosphoric acid groups is 1. The van der Waals surface area contributed by atoms with Crippen molar-refractivity contribution in [3.63, 3.8) is 0 Å². The minimum absolute atomic E-state index is 0.0170. The standard InChI is InChI=1S/C35H70NO8P/c1-4-5-6-7-8-9-10-11-14-18-21-24-27-35(38)44-33(31-43-45(39,40)42-29-28-36)30-41-34(37)26-23-20-17-15-12-13-16-19-22-25-32(2)3/h32-33H,4-31,36H2,1-3H3,(H,39,40)/p-1/t33-/m0/s1. The summed E-state index contributed by atoms with van der Waals surface area (Å²) in [6.45, 7) is 5.83. The van der Waals surface area contributed by atoms with Crippen LogP contribution in [0.2, 0.25) is 0 Å². The van der Waals surface area contributed by atoms with Crippen LogP contribution >= 0.6 is 7.82 Å². The minimum atomic E-state index is -4.61. The molecule has 0 saturated carbocycles. The van der Waals surface area contributed by atoms with Crippen molar-refractivity contribution in [1.82, 2.24) is 0 Å². The minimum Gasteiger partial charge on any atom is -0.756 e. The van der Waals surface area contributed by atoms with E-state index < -0.39 is 32.5 Å². The Balaban J connectivity index is 4.23. The molecule has 0 radical (unpaired) electrons. The van der Waals surface area contributed by atoms with Crippen molar-refractivity contribution in [3.05, 3.63) is 0 Å². The molecule has 0 saturated heterocycles. The summed E-state index contributed by atoms with van der Waals surface area (Å²) in [4.78, 5) is 36.7. The Labute approximate surface area is 276 Å². The quantitative estimate of drug-likeness (QED) is 0.0406. The molecule has 0 rings (SSSR count). The van der Waals surface area contributed by atoms with Gasteiger partial charge >= 0.3 is 11.9 Å². The molecule has 10 heteroatoms. The highest BCUT2D eigenvalue weighted by Gasteiger charge is 2.21. The molecule has 0 aromatic carbocycles. The molecule has 0 spiro atoms. The van der Waals surface area contributed by atoms with E-state index >= 15 is 0 Å². The fourth-order valence-electron chi connectivity index (χ4n) is 5.16. The topological polar surface area (TPSA) is 137 Å². The van der Waals surface area contributed by atoms with E-state index in [1.165, 1.54) is 96.3 Å². The normalized spacial score (nSPS) is 13.6. The molecule has 0 aromatic rings. The van der Waals surface area contributed by atoms with Crippen LogP contribution < -0.4 is 10.6 Å². The highest BCUT2D eigenvalue weighted by molar-refractivity contribution is 7.45. The van der Waals surface area contributed by atoms with Gasteiger partial charge in [-0.1, -0.05) is 149 Å². The Kier molecular flexibility index (Phi) is 30.9. The van der Waals surface area contributed by atoms with E-state index in [0.29, 0.717) is 6.42 Å². The van der Waals surface area contributed by atoms with Crippen LogP contribution in [-0.4, -0.2) is 44.4 Å². The predicted octanol–water partition coefficient (Wildman–Crippen LogP) is 8.94. The van der Waals surface area contributed by atoms with E-state index in [2.05, 4.69) is 25.3 Å². The van der Waals surface area contributed by atoms with Gasteiger partial charge in [0, 0.05) is 19.4 Å². The summed E-state index contributed by atoms with van der Waals surface area (Å²) in [5.41, 5.74) is 5.29. The highest BCUT2D eigenvalue weighted by atomic mass is 31.2. The third-order valence-electron chi connectivity index (χ3n) is 7.91. The van der Waals surface area contributed by atoms with Gasteiger partial charge in [-0.3, -0.25) is 14.2 Å². The maximum absolute atomic E-state index is 12.5. The van der Waals surface area contributed by atoms with E-state index in [1.54, 1.807) is 0 Å². The number of hydrogen-bond acceptors (Lipinski definition) is 9. The lowest BCUT2D eigenvalue weighted by atomic mass is 10.0. The lowest BCUT2D eigenvalue weighted by molar-refractivity contribution is -0.228. The smallest absolute Gasteiger partial charge is 0.306 e. The van der Waals surface area contributed by atoms with Gasteiger partial charge in [0.2, 0.25) is 0 Å². The Morgan fingerprint density at radius 3 is 1.56 bits per heavy atom. The van der Waals surface area contributed by atoms with E-state index in [1.807, 2.05) is 0 Å². The second kappa shape index (κ2) is 31.6. The zero-order valence-electron chi connectivity index (χ0n) is 29.2. The molecule has 45 heavy (non-hydrogen) atoms. The van der Waals surface area contributed by atoms with E-state index in [0.717, 1.165) is 44.4 Å². The highest BCUT2D eigenvalue weighted by Crippen LogP contribution is 2.38. The Hall–Kier alpha value is -0.990. The average molecular weight is 663 g/mol. The van der Waals surface area contributed by atoms with Crippen LogP contribution in [-0.2, 0) is 32.7 Å². The van der Waals surface area contributed by atoms with Crippen LogP contribution in [0.5, 0.6) is 0 Å². The monoisotopic (exact) mass is 662 g/mol. The molecule has 268 valence electrons. The van der Waals surface area contributed by atoms with Crippen molar-refractivity contribution in [2.45, 2.75) is 181 Å². The summed E-state index contributed by atoms with van der Waals surface area (Å²) in [7, 11) is -4.61. The molecule has 0 bridgehead atoms. The first-order valence-electron chi connectivity index (χ1n) is 18.4. The zero-order chi connectivity index (χ0) is 33.4. The van der Waals surface area contributed by atoms with Crippen molar-refractivity contribution < 1.29 is 37.6 Å². The maximum atomic E-state index is 12.5. The Morgan fingerprint density at radius 2 is 1.09 bits per heavy atom. The van der Waals surface area contributed by atoms with Crippen molar-refractivity contribution in [2.75, 3.05) is 26.4 Å². The summed E-state index contributed by atoms with van der Waals surface area (Å²) in [6.07, 6.45) is 25.5. The number of ether oxygens (including phenoxy) is 2. The van der Waals surface area contributed by atoms with Gasteiger partial charge in [0.15, 0.2) is 6.10 Å². The molecule has 0 aliphatic carbocycles. The second-order valence-corrected chi connectivity index (χ2v) is 14.3. The molecule has 2 N–H and O–H groups in total. The van der Waals surface area contributed by atoms with E-state index in [9.17, 15) is 19.0 Å². The molecule has 0 aliphatic heterocycles. The largest absolute Gasteiger partial charge is 0.756 e. The van der Waals surface area contributed by atoms with E-state index in [-0.39, 0.29) is 32.6 Å². The van der Waals surface area contributed by atoms with Crippen LogP contribution in [0.4, 0.5) is 0 Å². The summed E-state index contributed by atoms with van der Waals surface area (Å²) in [5.74, 6) is -0.0699. The number of unbranched alkanes of at least 4 members (excludes halogenated alkanes) is 19. The van der Waals surface area contributed by atoms with Crippen molar-refractivity contribution in [3.8, 4) is 0 Å². The van der Waals surface area contributed by atoms with Gasteiger partial charge in [0.25, 0.3) is 7.82 Å². The lowest BCUT2D eigenvalue weighted by Gasteiger charge is -2.25. The summed E-state index contributed by atoms with van der Waals surface area (Å²) < 4.78 is 32.2. The van der Waals surface area contributed by atoms with Crippen LogP contribution in [0, 0.1) is 5.92 Å². The average Bonchev–Trinajstić information content (AvgIpc) is 3.00. The molecular weight excluding hydrogens is 593 g/mol. The van der Waals surface area contributed by atoms with Gasteiger partial charge in [-0.15, -0.1) is 0 Å². The number of carbonyl (C=O) groups is 2. The third kappa shape index (κ3) is 32.7. The number of rotatable bonds is 34. The zero-order valence-corrected chi connectivity index (χ0v) is 30.1. The Morgan fingerprint density at radius 1 is 0.644 bits per heavy atom. The Bertz CT molecular complexity index is 736. The maximum Gasteiger partial charge on any atom is 0.306 e. The predicted molar refractivity (Wildman–Crippen MR) is 181 cm³/mol. The lowest BCUT2D eigenvalue weighted by Crippen LogP contribution is -2.30. The number of esters is 2. The van der Waals surface area contributed by atoms with Crippen LogP contribution in [0.25, 0.3) is 0 Å². The fraction of sp³-hybridized carbons (Fsp3) is 0.943. The third-order valence-corrected chi connectivity index (χ3v) is 8.88. The molecular formula is C35H69NO8P-. The van der Waals surface area contributed by atoms with Crippen LogP contribution in [0.1, 0.15) is 175 Å². The first kappa shape index (κ1) is 44.0. The van der Waals surface area contributed by atoms with Gasteiger partial charge in [0.05, 0.1) is 13.2 Å². The molecule has 0 heterocycles. The molecule has 0 aliphatic rings. The first-order valence-corrected chi connectivity index (χ1v) is 19.8. The molecule has 0 fully saturated rings. The van der Waals surface area contributed by atoms with Crippen molar-refractivity contribution >= 4 is 19.8 Å². The summed E-state index contributed by atoms with van der Waals surface area (Å²) >= 11 is 0. The molecule has 1 unspecified atom stereocenters. The van der Waals surface area contributed by atoms with Gasteiger partial charge in [-0.2, -0.15) is 0 Å². The van der Waals surface area contributed by atoms with Crippen LogP contribution in [0.15, 0.2) is 0 Å². The molecule has 0 aromatic heterocycles. The molecule has 0 amide bonds. The summed E-state index contributed by atoms with van der Waals surface area (Å²) in [5, 5.41) is 0. The number of carbonyl (C=O) groups excluding carboxylic acids is 2. The van der Waals surface area contributed by atoms with Crippen molar-refractivity contribution in [1.29, 1.82) is 0 Å². The van der Waals surface area contributed by atoms with Crippen molar-refractivity contribution in [2.24, 2.45) is 11.7 Å². The number of phosphoric ester groups is 1. The van der Waals surface area contributed by atoms with Crippen LogP contribution in [0.3, 0.4) is 0 Å². The SMILES string of the molecule is CCCCCCCCCCCCCCC(=O)O[C@@H](COC(=O)CCCCCCCCCCCC(C)C)COP(=O)([O-])OCCN. The molecule has 2 atom stereocenters. The second-order valence-electron chi connectivity index (χ2n) is 12.9. The number of nitrogens with two attached hydrogens (primary N) is 1. The van der Waals surface area contributed by atoms with Gasteiger partial charge in [0.1, 0.15) is 6.61 Å². The fourth-order valence-corrected chi connectivity index (χ4v) is 5.92. The molecule has 9 nitrogen and oxygen atoms in total. The van der Waals surface area contributed by atoms with Gasteiger partial charge < -0.3 is 29.1 Å². The van der Waals surface area contributed by atoms with Gasteiger partial charge in [-0.05, 0) is 18.8 Å². The van der Waals surface area contributed by atoms with E-state index in [4.69, 9.17) is 19.7 Å².